The van der Waals surface area contributed by atoms with Gasteiger partial charge in [-0.2, -0.15) is 13.2 Å². The van der Waals surface area contributed by atoms with E-state index in [2.05, 4.69) is 44.0 Å². The number of pyridine rings is 1. The predicted molar refractivity (Wildman–Crippen MR) is 153 cm³/mol. The van der Waals surface area contributed by atoms with E-state index in [1.54, 1.807) is 12.4 Å². The average molecular weight is 568 g/mol. The molecule has 1 aromatic carbocycles. The fourth-order valence-corrected chi connectivity index (χ4v) is 5.56. The monoisotopic (exact) mass is 567 g/mol. The number of nitrogens with one attached hydrogen (secondary N) is 1. The van der Waals surface area contributed by atoms with Crippen LogP contribution < -0.4 is 10.2 Å². The van der Waals surface area contributed by atoms with Crippen LogP contribution >= 0.6 is 0 Å². The minimum Gasteiger partial charge on any atom is -0.368 e. The molecule has 0 spiro atoms. The number of likely N-dealkylation sites (tertiary alicyclic amines) is 1. The number of aryl methyl sites for hydroxylation is 1. The number of nitrogens with zero attached hydrogens (tertiary/aromatic N) is 6. The van der Waals surface area contributed by atoms with Crippen molar-refractivity contribution in [1.82, 2.24) is 24.8 Å². The Kier molecular flexibility index (Phi) is 8.44. The first-order chi connectivity index (χ1) is 19.6. The zero-order valence-electron chi connectivity index (χ0n) is 23.7. The molecule has 0 radical (unpaired) electrons. The summed E-state index contributed by atoms with van der Waals surface area (Å²) in [7, 11) is 2.10. The maximum atomic E-state index is 14.1. The number of aromatic nitrogens is 3. The molecule has 2 saturated heterocycles. The van der Waals surface area contributed by atoms with Gasteiger partial charge >= 0.3 is 6.18 Å². The number of hydrogen-bond donors (Lipinski definition) is 1. The first-order valence-corrected chi connectivity index (χ1v) is 14.0. The largest absolute Gasteiger partial charge is 0.417 e. The van der Waals surface area contributed by atoms with Gasteiger partial charge in [-0.25, -0.2) is 15.0 Å². The van der Waals surface area contributed by atoms with E-state index in [0.29, 0.717) is 30.4 Å². The molecule has 2 aliphatic heterocycles. The molecule has 1 amide bonds. The quantitative estimate of drug-likeness (QED) is 0.451. The van der Waals surface area contributed by atoms with Crippen molar-refractivity contribution in [2.75, 3.05) is 56.5 Å². The second-order valence-electron chi connectivity index (χ2n) is 11.1. The van der Waals surface area contributed by atoms with Crippen molar-refractivity contribution in [3.63, 3.8) is 0 Å². The number of amides is 1. The molecule has 0 saturated carbocycles. The van der Waals surface area contributed by atoms with Crippen molar-refractivity contribution in [2.24, 2.45) is 5.92 Å². The third-order valence-corrected chi connectivity index (χ3v) is 8.10. The van der Waals surface area contributed by atoms with Gasteiger partial charge in [-0.15, -0.1) is 0 Å². The molecule has 8 nitrogen and oxygen atoms in total. The highest BCUT2D eigenvalue weighted by Crippen LogP contribution is 2.31. The summed E-state index contributed by atoms with van der Waals surface area (Å²) in [6.07, 6.45) is 1.80. The number of anilines is 2. The number of likely N-dealkylation sites (N-methyl/N-ethyl adjacent to an activating group) is 1. The lowest BCUT2D eigenvalue weighted by Crippen LogP contribution is -2.51. The number of piperidine rings is 1. The fraction of sp³-hybridized carbons (Fsp3) is 0.467. The topological polar surface area (TPSA) is 77.5 Å². The molecule has 218 valence electrons. The van der Waals surface area contributed by atoms with Gasteiger partial charge in [0, 0.05) is 69.0 Å². The highest BCUT2D eigenvalue weighted by atomic mass is 19.4. The summed E-state index contributed by atoms with van der Waals surface area (Å²) in [6, 6.07) is 8.03. The van der Waals surface area contributed by atoms with Crippen molar-refractivity contribution in [3.8, 4) is 11.1 Å². The fourth-order valence-electron chi connectivity index (χ4n) is 5.56. The van der Waals surface area contributed by atoms with E-state index in [0.717, 1.165) is 68.0 Å². The van der Waals surface area contributed by atoms with Gasteiger partial charge in [0.05, 0.1) is 11.6 Å². The molecule has 3 aromatic rings. The lowest BCUT2D eigenvalue weighted by Gasteiger charge is -2.40. The van der Waals surface area contributed by atoms with Crippen molar-refractivity contribution < 1.29 is 18.0 Å². The molecule has 4 heterocycles. The molecule has 0 aliphatic carbocycles. The molecule has 11 heteroatoms. The molecule has 2 atom stereocenters. The maximum Gasteiger partial charge on any atom is 0.417 e. The molecule has 1 unspecified atom stereocenters. The number of hydrogen-bond acceptors (Lipinski definition) is 7. The summed E-state index contributed by atoms with van der Waals surface area (Å²) in [6.45, 7) is 8.71. The number of carbonyl (C=O) groups excluding carboxylic acids is 1. The standard InChI is InChI=1S/C30H36F3N7O/c1-20-6-8-24(22-16-36-29(37-17-22)39-13-11-38(3)12-14-39)25(15-20)28(41)40-10-4-5-21(2)26(40)19-35-27-9-7-23(18-34-27)30(31,32)33/h6-9,15-18,21,26H,4-5,10-14,19H2,1-3H3,(H,34,35)/t21-,26?/m1/s1. The molecule has 2 aromatic heterocycles. The van der Waals surface area contributed by atoms with Gasteiger partial charge in [-0.05, 0) is 56.5 Å². The lowest BCUT2D eigenvalue weighted by molar-refractivity contribution is -0.137. The lowest BCUT2D eigenvalue weighted by atomic mass is 9.89. The molecule has 5 rings (SSSR count). The second kappa shape index (κ2) is 12.0. The first-order valence-electron chi connectivity index (χ1n) is 14.0. The Balaban J connectivity index is 1.35. The van der Waals surface area contributed by atoms with Crippen molar-refractivity contribution in [1.29, 1.82) is 0 Å². The normalized spacial score (nSPS) is 20.2. The Morgan fingerprint density at radius 3 is 2.39 bits per heavy atom. The van der Waals surface area contributed by atoms with Crippen molar-refractivity contribution in [3.05, 3.63) is 65.6 Å². The second-order valence-corrected chi connectivity index (χ2v) is 11.1. The zero-order chi connectivity index (χ0) is 29.1. The minimum absolute atomic E-state index is 0.0782. The number of halogens is 3. The van der Waals surface area contributed by atoms with Crippen LogP contribution in [0.15, 0.2) is 48.9 Å². The van der Waals surface area contributed by atoms with E-state index >= 15 is 0 Å². The summed E-state index contributed by atoms with van der Waals surface area (Å²) in [5.41, 5.74) is 2.33. The van der Waals surface area contributed by atoms with E-state index < -0.39 is 11.7 Å². The Labute approximate surface area is 238 Å². The van der Waals surface area contributed by atoms with E-state index in [1.807, 2.05) is 30.0 Å². The number of benzene rings is 1. The highest BCUT2D eigenvalue weighted by Gasteiger charge is 2.34. The summed E-state index contributed by atoms with van der Waals surface area (Å²) < 4.78 is 38.8. The van der Waals surface area contributed by atoms with Gasteiger partial charge in [0.25, 0.3) is 5.91 Å². The van der Waals surface area contributed by atoms with Gasteiger partial charge in [-0.3, -0.25) is 4.79 Å². The van der Waals surface area contributed by atoms with Crippen molar-refractivity contribution in [2.45, 2.75) is 38.9 Å². The Hall–Kier alpha value is -3.73. The van der Waals surface area contributed by atoms with Crippen LogP contribution in [0.5, 0.6) is 0 Å². The first kappa shape index (κ1) is 28.8. The van der Waals surface area contributed by atoms with Crippen LogP contribution in [0.25, 0.3) is 11.1 Å². The zero-order valence-corrected chi connectivity index (χ0v) is 23.7. The minimum atomic E-state index is -4.44. The molecule has 1 N–H and O–H groups in total. The van der Waals surface area contributed by atoms with Crippen LogP contribution in [-0.4, -0.2) is 83.0 Å². The molecule has 2 fully saturated rings. The summed E-state index contributed by atoms with van der Waals surface area (Å²) in [5.74, 6) is 1.16. The van der Waals surface area contributed by atoms with E-state index in [9.17, 15) is 18.0 Å². The number of carbonyl (C=O) groups is 1. The molecular weight excluding hydrogens is 531 g/mol. The van der Waals surface area contributed by atoms with E-state index in [-0.39, 0.29) is 17.9 Å². The summed E-state index contributed by atoms with van der Waals surface area (Å²) in [5, 5.41) is 3.16. The van der Waals surface area contributed by atoms with Gasteiger partial charge in [0.2, 0.25) is 5.95 Å². The number of piperazine rings is 1. The van der Waals surface area contributed by atoms with Gasteiger partial charge in [0.1, 0.15) is 5.82 Å². The van der Waals surface area contributed by atoms with Crippen molar-refractivity contribution >= 4 is 17.7 Å². The molecular formula is C30H36F3N7O. The Bertz CT molecular complexity index is 1340. The predicted octanol–water partition coefficient (Wildman–Crippen LogP) is 4.97. The third-order valence-electron chi connectivity index (χ3n) is 8.10. The molecule has 41 heavy (non-hydrogen) atoms. The van der Waals surface area contributed by atoms with Crippen LogP contribution in [0.4, 0.5) is 24.9 Å². The highest BCUT2D eigenvalue weighted by molar-refractivity contribution is 6.01. The molecule has 0 bridgehead atoms. The van der Waals surface area contributed by atoms with Gasteiger partial charge in [0.15, 0.2) is 0 Å². The molecule has 2 aliphatic rings. The SMILES string of the molecule is Cc1ccc(-c2cnc(N3CCN(C)CC3)nc2)c(C(=O)N2CCC[C@@H](C)C2CNc2ccc(C(F)(F)F)cn2)c1. The van der Waals surface area contributed by atoms with Gasteiger partial charge < -0.3 is 20.0 Å². The number of alkyl halides is 3. The van der Waals surface area contributed by atoms with Crippen LogP contribution in [0.3, 0.4) is 0 Å². The number of rotatable bonds is 6. The van der Waals surface area contributed by atoms with E-state index in [4.69, 9.17) is 0 Å². The summed E-state index contributed by atoms with van der Waals surface area (Å²) in [4.78, 5) is 33.7. The van der Waals surface area contributed by atoms with Crippen LogP contribution in [0.1, 0.15) is 41.3 Å². The van der Waals surface area contributed by atoms with Gasteiger partial charge in [-0.1, -0.05) is 24.6 Å². The Morgan fingerprint density at radius 1 is 1.00 bits per heavy atom. The van der Waals surface area contributed by atoms with Crippen LogP contribution in [0, 0.1) is 12.8 Å². The third kappa shape index (κ3) is 6.61. The Morgan fingerprint density at radius 2 is 1.73 bits per heavy atom. The summed E-state index contributed by atoms with van der Waals surface area (Å²) >= 11 is 0. The van der Waals surface area contributed by atoms with E-state index in [1.165, 1.54) is 6.07 Å². The maximum absolute atomic E-state index is 14.1. The van der Waals surface area contributed by atoms with Crippen LogP contribution in [0.2, 0.25) is 0 Å². The average Bonchev–Trinajstić information content (AvgIpc) is 2.96. The van der Waals surface area contributed by atoms with Crippen LogP contribution in [-0.2, 0) is 6.18 Å². The smallest absolute Gasteiger partial charge is 0.368 e.